The quantitative estimate of drug-likeness (QED) is 0.611. The molecule has 98 valence electrons. The maximum atomic E-state index is 12.2. The average molecular weight is 271 g/mol. The highest BCUT2D eigenvalue weighted by Crippen LogP contribution is 2.16. The van der Waals surface area contributed by atoms with Crippen LogP contribution in [0, 0.1) is 10.1 Å². The lowest BCUT2D eigenvalue weighted by Gasteiger charge is -2.28. The van der Waals surface area contributed by atoms with Gasteiger partial charge in [-0.05, 0) is 12.1 Å². The minimum Gasteiger partial charge on any atom is -0.263 e. The van der Waals surface area contributed by atoms with Crippen LogP contribution in [0.2, 0.25) is 0 Å². The van der Waals surface area contributed by atoms with Crippen molar-refractivity contribution >= 4 is 10.0 Å². The first kappa shape index (κ1) is 12.9. The summed E-state index contributed by atoms with van der Waals surface area (Å²) in [6.07, 6.45) is -1.04. The van der Waals surface area contributed by atoms with Crippen molar-refractivity contribution in [2.75, 3.05) is 19.6 Å². The van der Waals surface area contributed by atoms with Crippen molar-refractivity contribution < 1.29 is 13.3 Å². The standard InChI is InChI=1S/C10H13N3O4S/c14-13(15)10-8-12(7-6-11-10)18(16,17)9-4-2-1-3-5-9/h1-5,10-11H,6-8H2. The van der Waals surface area contributed by atoms with Crippen molar-refractivity contribution in [2.24, 2.45) is 0 Å². The summed E-state index contributed by atoms with van der Waals surface area (Å²) in [6, 6.07) is 7.94. The second-order valence-corrected chi connectivity index (χ2v) is 5.87. The predicted molar refractivity (Wildman–Crippen MR) is 64.0 cm³/mol. The average Bonchev–Trinajstić information content (AvgIpc) is 2.40. The van der Waals surface area contributed by atoms with Crippen LogP contribution in [0.15, 0.2) is 35.2 Å². The highest BCUT2D eigenvalue weighted by molar-refractivity contribution is 7.89. The molecule has 8 heteroatoms. The third kappa shape index (κ3) is 2.50. The molecule has 0 aromatic heterocycles. The first-order valence-electron chi connectivity index (χ1n) is 5.44. The molecule has 18 heavy (non-hydrogen) atoms. The fraction of sp³-hybridized carbons (Fsp3) is 0.400. The van der Waals surface area contributed by atoms with Crippen LogP contribution in [0.1, 0.15) is 0 Å². The van der Waals surface area contributed by atoms with E-state index in [9.17, 15) is 18.5 Å². The van der Waals surface area contributed by atoms with Crippen LogP contribution in [-0.4, -0.2) is 43.4 Å². The van der Waals surface area contributed by atoms with E-state index in [4.69, 9.17) is 0 Å². The van der Waals surface area contributed by atoms with Crippen molar-refractivity contribution in [2.45, 2.75) is 11.1 Å². The molecule has 1 aliphatic rings. The number of nitrogens with one attached hydrogen (secondary N) is 1. The summed E-state index contributed by atoms with van der Waals surface area (Å²) >= 11 is 0. The van der Waals surface area contributed by atoms with E-state index < -0.39 is 21.1 Å². The van der Waals surface area contributed by atoms with Gasteiger partial charge in [0.2, 0.25) is 10.0 Å². The number of hydrogen-bond donors (Lipinski definition) is 1. The summed E-state index contributed by atoms with van der Waals surface area (Å²) in [4.78, 5) is 10.3. The molecule has 0 spiro atoms. The van der Waals surface area contributed by atoms with Gasteiger partial charge in [0.15, 0.2) is 0 Å². The van der Waals surface area contributed by atoms with Crippen molar-refractivity contribution in [1.82, 2.24) is 9.62 Å². The van der Waals surface area contributed by atoms with Crippen molar-refractivity contribution in [3.05, 3.63) is 40.4 Å². The van der Waals surface area contributed by atoms with Gasteiger partial charge in [0.25, 0.3) is 6.17 Å². The zero-order valence-electron chi connectivity index (χ0n) is 9.52. The first-order valence-corrected chi connectivity index (χ1v) is 6.88. The zero-order valence-corrected chi connectivity index (χ0v) is 10.3. The number of rotatable bonds is 3. The monoisotopic (exact) mass is 271 g/mol. The van der Waals surface area contributed by atoms with E-state index in [0.29, 0.717) is 0 Å². The van der Waals surface area contributed by atoms with Gasteiger partial charge < -0.3 is 0 Å². The normalized spacial score (nSPS) is 21.7. The lowest BCUT2D eigenvalue weighted by atomic mass is 10.4. The summed E-state index contributed by atoms with van der Waals surface area (Å²) in [5, 5.41) is 13.4. The van der Waals surface area contributed by atoms with Gasteiger partial charge in [-0.25, -0.2) is 8.42 Å². The Morgan fingerprint density at radius 1 is 1.33 bits per heavy atom. The maximum absolute atomic E-state index is 12.2. The molecule has 1 fully saturated rings. The van der Waals surface area contributed by atoms with Crippen LogP contribution in [0.25, 0.3) is 0 Å². The van der Waals surface area contributed by atoms with E-state index in [1.54, 1.807) is 18.2 Å². The molecule has 0 saturated carbocycles. The van der Waals surface area contributed by atoms with Gasteiger partial charge in [-0.15, -0.1) is 0 Å². The Bertz CT molecular complexity index is 531. The van der Waals surface area contributed by atoms with Gasteiger partial charge in [0.05, 0.1) is 11.4 Å². The largest absolute Gasteiger partial charge is 0.279 e. The van der Waals surface area contributed by atoms with Gasteiger partial charge in [-0.2, -0.15) is 4.31 Å². The number of benzene rings is 1. The fourth-order valence-corrected chi connectivity index (χ4v) is 3.27. The van der Waals surface area contributed by atoms with E-state index in [2.05, 4.69) is 5.32 Å². The van der Waals surface area contributed by atoms with Crippen LogP contribution >= 0.6 is 0 Å². The van der Waals surface area contributed by atoms with Crippen LogP contribution in [0.4, 0.5) is 0 Å². The minimum absolute atomic E-state index is 0.149. The SMILES string of the molecule is O=[N+]([O-])C1CN(S(=O)(=O)c2ccccc2)CCN1. The molecule has 2 rings (SSSR count). The molecule has 1 saturated heterocycles. The van der Waals surface area contributed by atoms with Crippen molar-refractivity contribution in [3.8, 4) is 0 Å². The van der Waals surface area contributed by atoms with Gasteiger partial charge >= 0.3 is 0 Å². The lowest BCUT2D eigenvalue weighted by Crippen LogP contribution is -2.55. The number of nitrogens with zero attached hydrogens (tertiary/aromatic N) is 2. The van der Waals surface area contributed by atoms with Gasteiger partial charge in [-0.1, -0.05) is 18.2 Å². The molecule has 0 radical (unpaired) electrons. The van der Waals surface area contributed by atoms with Crippen LogP contribution in [0.5, 0.6) is 0 Å². The van der Waals surface area contributed by atoms with E-state index in [0.717, 1.165) is 4.31 Å². The molecule has 1 atom stereocenters. The molecule has 1 N–H and O–H groups in total. The van der Waals surface area contributed by atoms with Crippen LogP contribution in [0.3, 0.4) is 0 Å². The Balaban J connectivity index is 2.23. The molecule has 0 amide bonds. The summed E-state index contributed by atoms with van der Waals surface area (Å²) in [5.41, 5.74) is 0. The highest BCUT2D eigenvalue weighted by Gasteiger charge is 2.34. The van der Waals surface area contributed by atoms with Gasteiger partial charge in [0.1, 0.15) is 0 Å². The van der Waals surface area contributed by atoms with Crippen molar-refractivity contribution in [3.63, 3.8) is 0 Å². The summed E-state index contributed by atoms with van der Waals surface area (Å²) in [5.74, 6) is 0. The Labute approximate surface area is 105 Å². The Kier molecular flexibility index (Phi) is 3.60. The lowest BCUT2D eigenvalue weighted by molar-refractivity contribution is -0.530. The minimum atomic E-state index is -3.64. The van der Waals surface area contributed by atoms with Crippen LogP contribution in [-0.2, 0) is 10.0 Å². The van der Waals surface area contributed by atoms with Crippen LogP contribution < -0.4 is 5.32 Å². The number of piperazine rings is 1. The fourth-order valence-electron chi connectivity index (χ4n) is 1.81. The van der Waals surface area contributed by atoms with Crippen molar-refractivity contribution in [1.29, 1.82) is 0 Å². The van der Waals surface area contributed by atoms with E-state index in [1.165, 1.54) is 12.1 Å². The Morgan fingerprint density at radius 2 is 2.00 bits per heavy atom. The maximum Gasteiger partial charge on any atom is 0.279 e. The topological polar surface area (TPSA) is 92.6 Å². The molecular formula is C10H13N3O4S. The molecule has 1 aromatic carbocycles. The number of nitro groups is 1. The van der Waals surface area contributed by atoms with Gasteiger partial charge in [-0.3, -0.25) is 15.4 Å². The third-order valence-corrected chi connectivity index (χ3v) is 4.63. The zero-order chi connectivity index (χ0) is 13.2. The molecule has 1 aromatic rings. The van der Waals surface area contributed by atoms with E-state index in [-0.39, 0.29) is 24.5 Å². The Morgan fingerprint density at radius 3 is 2.61 bits per heavy atom. The molecule has 1 heterocycles. The van der Waals surface area contributed by atoms with E-state index >= 15 is 0 Å². The summed E-state index contributed by atoms with van der Waals surface area (Å²) in [7, 11) is -3.64. The Hall–Kier alpha value is -1.51. The molecule has 0 aliphatic carbocycles. The highest BCUT2D eigenvalue weighted by atomic mass is 32.2. The van der Waals surface area contributed by atoms with Gasteiger partial charge in [0, 0.05) is 18.0 Å². The van der Waals surface area contributed by atoms with E-state index in [1.807, 2.05) is 0 Å². The third-order valence-electron chi connectivity index (χ3n) is 2.75. The molecular weight excluding hydrogens is 258 g/mol. The summed E-state index contributed by atoms with van der Waals surface area (Å²) < 4.78 is 25.6. The number of sulfonamides is 1. The second kappa shape index (κ2) is 5.01. The molecule has 7 nitrogen and oxygen atoms in total. The second-order valence-electron chi connectivity index (χ2n) is 3.93. The number of hydrogen-bond acceptors (Lipinski definition) is 5. The first-order chi connectivity index (χ1) is 8.51. The molecule has 1 aliphatic heterocycles. The molecule has 0 bridgehead atoms. The predicted octanol–water partition coefficient (Wildman–Crippen LogP) is -0.117. The smallest absolute Gasteiger partial charge is 0.263 e. The summed E-state index contributed by atoms with van der Waals surface area (Å²) in [6.45, 7) is 0.365. The molecule has 1 unspecified atom stereocenters.